The van der Waals surface area contributed by atoms with Crippen molar-refractivity contribution in [3.63, 3.8) is 0 Å². The molecule has 0 spiro atoms. The third kappa shape index (κ3) is 4.30. The molecule has 1 N–H and O–H groups in total. The van der Waals surface area contributed by atoms with Crippen molar-refractivity contribution < 1.29 is 4.21 Å². The van der Waals surface area contributed by atoms with E-state index < -0.39 is 10.8 Å². The lowest BCUT2D eigenvalue weighted by Crippen LogP contribution is -2.07. The summed E-state index contributed by atoms with van der Waals surface area (Å²) in [5, 5.41) is 3.16. The molecule has 1 rings (SSSR count). The lowest BCUT2D eigenvalue weighted by molar-refractivity contribution is 0.687. The van der Waals surface area contributed by atoms with Gasteiger partial charge in [-0.3, -0.25) is 4.21 Å². The number of hydrogen-bond acceptors (Lipinski definition) is 2. The first kappa shape index (κ1) is 12.0. The lowest BCUT2D eigenvalue weighted by Gasteiger charge is -2.03. The zero-order chi connectivity index (χ0) is 11.1. The fraction of sp³-hybridized carbons (Fsp3) is 0.333. The van der Waals surface area contributed by atoms with Crippen LogP contribution in [0.25, 0.3) is 0 Å². The molecule has 0 amide bonds. The van der Waals surface area contributed by atoms with E-state index in [1.54, 1.807) is 0 Å². The summed E-state index contributed by atoms with van der Waals surface area (Å²) < 4.78 is 11.4. The summed E-state index contributed by atoms with van der Waals surface area (Å²) in [6, 6.07) is 10.1. The second-order valence-electron chi connectivity index (χ2n) is 3.26. The Kier molecular flexibility index (Phi) is 5.12. The van der Waals surface area contributed by atoms with Crippen molar-refractivity contribution >= 4 is 10.8 Å². The quantitative estimate of drug-likeness (QED) is 0.830. The molecule has 0 saturated carbocycles. The molecule has 0 saturated heterocycles. The smallest absolute Gasteiger partial charge is 0.0497 e. The zero-order valence-corrected chi connectivity index (χ0v) is 10.0. The second kappa shape index (κ2) is 6.40. The van der Waals surface area contributed by atoms with Crippen LogP contribution in [0.1, 0.15) is 19.4 Å². The molecule has 1 atom stereocenters. The number of benzene rings is 1. The van der Waals surface area contributed by atoms with E-state index in [0.717, 1.165) is 11.4 Å². The molecule has 2 nitrogen and oxygen atoms in total. The minimum absolute atomic E-state index is 0.676. The Labute approximate surface area is 93.9 Å². The average Bonchev–Trinajstić information content (AvgIpc) is 2.29. The molecule has 1 unspecified atom stereocenters. The highest BCUT2D eigenvalue weighted by Gasteiger charge is 1.97. The molecular weight excluding hydrogens is 206 g/mol. The van der Waals surface area contributed by atoms with Crippen LogP contribution in [-0.4, -0.2) is 9.96 Å². The van der Waals surface area contributed by atoms with Gasteiger partial charge in [-0.1, -0.05) is 37.3 Å². The van der Waals surface area contributed by atoms with Crippen LogP contribution in [0.2, 0.25) is 0 Å². The fourth-order valence-electron chi connectivity index (χ4n) is 1.20. The summed E-state index contributed by atoms with van der Waals surface area (Å²) in [6.07, 6.45) is 1.84. The SMILES string of the molecule is CCS(=O)/C(C)=C\NCc1ccccc1. The fourth-order valence-corrected chi connectivity index (χ4v) is 1.87. The van der Waals surface area contributed by atoms with Crippen LogP contribution in [-0.2, 0) is 17.3 Å². The van der Waals surface area contributed by atoms with Crippen LogP contribution in [0.3, 0.4) is 0 Å². The Morgan fingerprint density at radius 3 is 2.67 bits per heavy atom. The standard InChI is InChI=1S/C12H17NOS/c1-3-15(14)11(2)9-13-10-12-7-5-4-6-8-12/h4-9,13H,3,10H2,1-2H3/b11-9-. The minimum atomic E-state index is -0.831. The van der Waals surface area contributed by atoms with E-state index in [4.69, 9.17) is 0 Å². The van der Waals surface area contributed by atoms with Crippen LogP contribution in [0.4, 0.5) is 0 Å². The average molecular weight is 223 g/mol. The maximum absolute atomic E-state index is 11.4. The predicted molar refractivity (Wildman–Crippen MR) is 65.7 cm³/mol. The molecule has 1 aromatic carbocycles. The Morgan fingerprint density at radius 1 is 1.40 bits per heavy atom. The summed E-state index contributed by atoms with van der Waals surface area (Å²) in [4.78, 5) is 0.897. The molecule has 82 valence electrons. The lowest BCUT2D eigenvalue weighted by atomic mass is 10.2. The topological polar surface area (TPSA) is 29.1 Å². The first-order chi connectivity index (χ1) is 7.24. The highest BCUT2D eigenvalue weighted by atomic mass is 32.2. The van der Waals surface area contributed by atoms with Crippen molar-refractivity contribution in [2.75, 3.05) is 5.75 Å². The number of nitrogens with one attached hydrogen (secondary N) is 1. The largest absolute Gasteiger partial charge is 0.386 e. The normalized spacial score (nSPS) is 13.6. The Balaban J connectivity index is 2.42. The minimum Gasteiger partial charge on any atom is -0.386 e. The van der Waals surface area contributed by atoms with E-state index in [-0.39, 0.29) is 0 Å². The molecule has 0 aliphatic heterocycles. The van der Waals surface area contributed by atoms with E-state index in [9.17, 15) is 4.21 Å². The van der Waals surface area contributed by atoms with Crippen LogP contribution in [0.5, 0.6) is 0 Å². The van der Waals surface area contributed by atoms with Crippen molar-refractivity contribution in [3.05, 3.63) is 47.0 Å². The summed E-state index contributed by atoms with van der Waals surface area (Å²) in [7, 11) is -0.831. The molecule has 3 heteroatoms. The Morgan fingerprint density at radius 2 is 2.07 bits per heavy atom. The van der Waals surface area contributed by atoms with Gasteiger partial charge in [-0.05, 0) is 12.5 Å². The molecule has 0 aliphatic carbocycles. The third-order valence-corrected chi connectivity index (χ3v) is 3.44. The van der Waals surface area contributed by atoms with Gasteiger partial charge in [0.05, 0.1) is 0 Å². The van der Waals surface area contributed by atoms with Gasteiger partial charge in [0.15, 0.2) is 0 Å². The van der Waals surface area contributed by atoms with Gasteiger partial charge in [0.25, 0.3) is 0 Å². The van der Waals surface area contributed by atoms with Crippen molar-refractivity contribution in [2.45, 2.75) is 20.4 Å². The molecule has 15 heavy (non-hydrogen) atoms. The van der Waals surface area contributed by atoms with Gasteiger partial charge in [0, 0.05) is 34.2 Å². The van der Waals surface area contributed by atoms with E-state index in [1.807, 2.05) is 38.2 Å². The van der Waals surface area contributed by atoms with Gasteiger partial charge < -0.3 is 5.32 Å². The van der Waals surface area contributed by atoms with Crippen molar-refractivity contribution in [3.8, 4) is 0 Å². The molecular formula is C12H17NOS. The van der Waals surface area contributed by atoms with Crippen LogP contribution < -0.4 is 5.32 Å². The van der Waals surface area contributed by atoms with Crippen LogP contribution in [0.15, 0.2) is 41.4 Å². The number of rotatable bonds is 5. The maximum atomic E-state index is 11.4. The number of hydrogen-bond donors (Lipinski definition) is 1. The van der Waals surface area contributed by atoms with Crippen LogP contribution in [0, 0.1) is 0 Å². The monoisotopic (exact) mass is 223 g/mol. The van der Waals surface area contributed by atoms with Gasteiger partial charge in [-0.15, -0.1) is 0 Å². The molecule has 1 aromatic rings. The van der Waals surface area contributed by atoms with E-state index in [0.29, 0.717) is 5.75 Å². The van der Waals surface area contributed by atoms with Gasteiger partial charge in [-0.25, -0.2) is 0 Å². The molecule has 0 aliphatic rings. The predicted octanol–water partition coefficient (Wildman–Crippen LogP) is 2.41. The maximum Gasteiger partial charge on any atom is 0.0497 e. The molecule has 0 heterocycles. The summed E-state index contributed by atoms with van der Waals surface area (Å²) in [5.74, 6) is 0.676. The summed E-state index contributed by atoms with van der Waals surface area (Å²) >= 11 is 0. The van der Waals surface area contributed by atoms with Crippen molar-refractivity contribution in [1.82, 2.24) is 5.32 Å². The number of allylic oxidation sites excluding steroid dienone is 1. The molecule has 0 bridgehead atoms. The van der Waals surface area contributed by atoms with Gasteiger partial charge in [0.1, 0.15) is 0 Å². The summed E-state index contributed by atoms with van der Waals surface area (Å²) in [6.45, 7) is 4.58. The second-order valence-corrected chi connectivity index (χ2v) is 5.17. The Hall–Kier alpha value is -1.09. The third-order valence-electron chi connectivity index (χ3n) is 2.08. The Bertz CT molecular complexity index is 346. The van der Waals surface area contributed by atoms with Crippen molar-refractivity contribution in [2.24, 2.45) is 0 Å². The molecule has 0 aromatic heterocycles. The van der Waals surface area contributed by atoms with Gasteiger partial charge in [-0.2, -0.15) is 0 Å². The molecule has 0 radical (unpaired) electrons. The van der Waals surface area contributed by atoms with E-state index in [1.165, 1.54) is 5.56 Å². The highest BCUT2D eigenvalue weighted by Crippen LogP contribution is 2.00. The molecule has 0 fully saturated rings. The zero-order valence-electron chi connectivity index (χ0n) is 9.19. The van der Waals surface area contributed by atoms with Gasteiger partial charge in [0.2, 0.25) is 0 Å². The first-order valence-corrected chi connectivity index (χ1v) is 6.38. The van der Waals surface area contributed by atoms with Gasteiger partial charge >= 0.3 is 0 Å². The highest BCUT2D eigenvalue weighted by molar-refractivity contribution is 7.88. The van der Waals surface area contributed by atoms with E-state index in [2.05, 4.69) is 17.4 Å². The summed E-state index contributed by atoms with van der Waals surface area (Å²) in [5.41, 5.74) is 1.23. The first-order valence-electron chi connectivity index (χ1n) is 5.06. The van der Waals surface area contributed by atoms with Crippen molar-refractivity contribution in [1.29, 1.82) is 0 Å². The van der Waals surface area contributed by atoms with E-state index >= 15 is 0 Å². The van der Waals surface area contributed by atoms with Crippen LogP contribution >= 0.6 is 0 Å².